The molecule has 1 atom stereocenters. The van der Waals surface area contributed by atoms with Crippen LogP contribution in [0.25, 0.3) is 6.08 Å². The zero-order valence-corrected chi connectivity index (χ0v) is 12.9. The van der Waals surface area contributed by atoms with Crippen molar-refractivity contribution in [3.05, 3.63) is 35.9 Å². The Balaban J connectivity index is 2.62. The predicted octanol–water partition coefficient (Wildman–Crippen LogP) is 1.94. The monoisotopic (exact) mass is 290 g/mol. The van der Waals surface area contributed by atoms with Crippen LogP contribution in [0.4, 0.5) is 5.69 Å². The number of carboxylic acids is 1. The van der Waals surface area contributed by atoms with Crippen molar-refractivity contribution in [2.75, 3.05) is 32.6 Å². The summed E-state index contributed by atoms with van der Waals surface area (Å²) < 4.78 is 0. The number of anilines is 1. The summed E-state index contributed by atoms with van der Waals surface area (Å²) in [7, 11) is 5.53. The van der Waals surface area contributed by atoms with Crippen LogP contribution in [0, 0.1) is 5.92 Å². The van der Waals surface area contributed by atoms with Crippen molar-refractivity contribution in [1.29, 1.82) is 0 Å². The normalized spacial score (nSPS) is 12.2. The van der Waals surface area contributed by atoms with E-state index in [1.165, 1.54) is 11.0 Å². The highest BCUT2D eigenvalue weighted by Crippen LogP contribution is 2.13. The Bertz CT molecular complexity index is 521. The third-order valence-electron chi connectivity index (χ3n) is 3.17. The lowest BCUT2D eigenvalue weighted by atomic mass is 10.1. The van der Waals surface area contributed by atoms with Crippen LogP contribution in [0.5, 0.6) is 0 Å². The molecular formula is C16H22N2O3. The van der Waals surface area contributed by atoms with Gasteiger partial charge in [0.05, 0.1) is 5.92 Å². The van der Waals surface area contributed by atoms with Gasteiger partial charge in [-0.25, -0.2) is 0 Å². The first-order chi connectivity index (χ1) is 9.81. The summed E-state index contributed by atoms with van der Waals surface area (Å²) in [6.45, 7) is 1.77. The van der Waals surface area contributed by atoms with Crippen LogP contribution in [0.2, 0.25) is 0 Å². The molecule has 0 aromatic heterocycles. The van der Waals surface area contributed by atoms with Crippen LogP contribution < -0.4 is 4.90 Å². The van der Waals surface area contributed by atoms with Gasteiger partial charge in [0.25, 0.3) is 0 Å². The van der Waals surface area contributed by atoms with E-state index in [4.69, 9.17) is 5.11 Å². The van der Waals surface area contributed by atoms with E-state index in [1.54, 1.807) is 20.0 Å². The van der Waals surface area contributed by atoms with Gasteiger partial charge in [-0.3, -0.25) is 9.59 Å². The number of hydrogen-bond acceptors (Lipinski definition) is 3. The highest BCUT2D eigenvalue weighted by Gasteiger charge is 2.15. The second kappa shape index (κ2) is 7.47. The molecule has 0 aliphatic heterocycles. The summed E-state index contributed by atoms with van der Waals surface area (Å²) in [6.07, 6.45) is 3.18. The summed E-state index contributed by atoms with van der Waals surface area (Å²) in [5.74, 6) is -1.69. The van der Waals surface area contributed by atoms with Gasteiger partial charge in [0.15, 0.2) is 0 Å². The number of rotatable bonds is 6. The van der Waals surface area contributed by atoms with Gasteiger partial charge in [-0.05, 0) is 23.8 Å². The molecule has 0 saturated heterocycles. The molecule has 114 valence electrons. The van der Waals surface area contributed by atoms with Crippen LogP contribution >= 0.6 is 0 Å². The number of carbonyl (C=O) groups is 2. The highest BCUT2D eigenvalue weighted by molar-refractivity contribution is 5.91. The molecule has 0 radical (unpaired) electrons. The number of aliphatic carboxylic acids is 1. The highest BCUT2D eigenvalue weighted by atomic mass is 16.4. The Labute approximate surface area is 125 Å². The van der Waals surface area contributed by atoms with Crippen molar-refractivity contribution in [2.24, 2.45) is 5.92 Å². The molecule has 0 aliphatic rings. The van der Waals surface area contributed by atoms with E-state index in [0.717, 1.165) is 11.3 Å². The first-order valence-corrected chi connectivity index (χ1v) is 6.74. The maximum Gasteiger partial charge on any atom is 0.308 e. The second-order valence-corrected chi connectivity index (χ2v) is 5.28. The molecule has 1 rings (SSSR count). The van der Waals surface area contributed by atoms with E-state index in [2.05, 4.69) is 0 Å². The molecule has 0 fully saturated rings. The Morgan fingerprint density at radius 2 is 1.76 bits per heavy atom. The smallest absolute Gasteiger partial charge is 0.308 e. The number of carbonyl (C=O) groups excluding carboxylic acids is 1. The zero-order valence-electron chi connectivity index (χ0n) is 12.9. The lowest BCUT2D eigenvalue weighted by Gasteiger charge is -2.17. The average Bonchev–Trinajstić information content (AvgIpc) is 2.44. The number of nitrogens with zero attached hydrogens (tertiary/aromatic N) is 2. The van der Waals surface area contributed by atoms with Gasteiger partial charge in [0.1, 0.15) is 0 Å². The fourth-order valence-electron chi connectivity index (χ4n) is 1.76. The molecule has 0 aliphatic carbocycles. The summed E-state index contributed by atoms with van der Waals surface area (Å²) >= 11 is 0. The van der Waals surface area contributed by atoms with E-state index in [9.17, 15) is 9.59 Å². The van der Waals surface area contributed by atoms with Gasteiger partial charge >= 0.3 is 5.97 Å². The zero-order chi connectivity index (χ0) is 16.0. The SMILES string of the molecule is CC(CN(C)C(=O)C=Cc1ccc(N(C)C)cc1)C(=O)O. The Morgan fingerprint density at radius 3 is 2.24 bits per heavy atom. The first kappa shape index (κ1) is 16.8. The van der Waals surface area contributed by atoms with E-state index >= 15 is 0 Å². The third-order valence-corrected chi connectivity index (χ3v) is 3.17. The lowest BCUT2D eigenvalue weighted by molar-refractivity contribution is -0.142. The maximum atomic E-state index is 11.9. The third kappa shape index (κ3) is 5.30. The van der Waals surface area contributed by atoms with Crippen LogP contribution in [0.1, 0.15) is 12.5 Å². The minimum absolute atomic E-state index is 0.193. The number of amides is 1. The molecule has 1 aromatic rings. The van der Waals surface area contributed by atoms with Gasteiger partial charge in [0.2, 0.25) is 5.91 Å². The Morgan fingerprint density at radius 1 is 1.19 bits per heavy atom. The van der Waals surface area contributed by atoms with Gasteiger partial charge in [-0.1, -0.05) is 19.1 Å². The topological polar surface area (TPSA) is 60.9 Å². The summed E-state index contributed by atoms with van der Waals surface area (Å²) in [6, 6.07) is 7.80. The molecule has 0 bridgehead atoms. The van der Waals surface area contributed by atoms with Crippen molar-refractivity contribution in [3.63, 3.8) is 0 Å². The Hall–Kier alpha value is -2.30. The molecule has 0 heterocycles. The average molecular weight is 290 g/mol. The van der Waals surface area contributed by atoms with E-state index in [0.29, 0.717) is 0 Å². The van der Waals surface area contributed by atoms with Crippen molar-refractivity contribution >= 4 is 23.6 Å². The van der Waals surface area contributed by atoms with Crippen LogP contribution in [0.3, 0.4) is 0 Å². The molecule has 21 heavy (non-hydrogen) atoms. The lowest BCUT2D eigenvalue weighted by Crippen LogP contribution is -2.32. The quantitative estimate of drug-likeness (QED) is 0.813. The number of hydrogen-bond donors (Lipinski definition) is 1. The number of carboxylic acid groups (broad SMARTS) is 1. The van der Waals surface area contributed by atoms with E-state index in [-0.39, 0.29) is 12.5 Å². The van der Waals surface area contributed by atoms with Crippen molar-refractivity contribution in [3.8, 4) is 0 Å². The number of likely N-dealkylation sites (N-methyl/N-ethyl adjacent to an activating group) is 1. The van der Waals surface area contributed by atoms with Crippen LogP contribution in [0.15, 0.2) is 30.3 Å². The van der Waals surface area contributed by atoms with Gasteiger partial charge in [-0.15, -0.1) is 0 Å². The van der Waals surface area contributed by atoms with Gasteiger partial charge in [0, 0.05) is 39.5 Å². The van der Waals surface area contributed by atoms with Gasteiger partial charge < -0.3 is 14.9 Å². The fourth-order valence-corrected chi connectivity index (χ4v) is 1.76. The molecule has 0 saturated carbocycles. The largest absolute Gasteiger partial charge is 0.481 e. The molecule has 1 unspecified atom stereocenters. The standard InChI is InChI=1S/C16H22N2O3/c1-12(16(20)21)11-18(4)15(19)10-7-13-5-8-14(9-6-13)17(2)3/h5-10,12H,11H2,1-4H3,(H,20,21). The second-order valence-electron chi connectivity index (χ2n) is 5.28. The van der Waals surface area contributed by atoms with Gasteiger partial charge in [-0.2, -0.15) is 0 Å². The summed E-state index contributed by atoms with van der Waals surface area (Å²) in [5.41, 5.74) is 2.01. The number of benzene rings is 1. The van der Waals surface area contributed by atoms with Crippen molar-refractivity contribution < 1.29 is 14.7 Å². The van der Waals surface area contributed by atoms with E-state index in [1.807, 2.05) is 43.3 Å². The summed E-state index contributed by atoms with van der Waals surface area (Å²) in [4.78, 5) is 26.1. The van der Waals surface area contributed by atoms with Crippen molar-refractivity contribution in [2.45, 2.75) is 6.92 Å². The first-order valence-electron chi connectivity index (χ1n) is 6.74. The van der Waals surface area contributed by atoms with E-state index < -0.39 is 11.9 Å². The molecule has 1 N–H and O–H groups in total. The Kier molecular flexibility index (Phi) is 5.96. The molecular weight excluding hydrogens is 268 g/mol. The predicted molar refractivity (Wildman–Crippen MR) is 84.2 cm³/mol. The van der Waals surface area contributed by atoms with Crippen LogP contribution in [-0.4, -0.2) is 49.6 Å². The minimum Gasteiger partial charge on any atom is -0.481 e. The molecule has 5 nitrogen and oxygen atoms in total. The summed E-state index contributed by atoms with van der Waals surface area (Å²) in [5, 5.41) is 8.83. The molecule has 5 heteroatoms. The molecule has 1 aromatic carbocycles. The minimum atomic E-state index is -0.905. The molecule has 1 amide bonds. The molecule has 0 spiro atoms. The fraction of sp³-hybridized carbons (Fsp3) is 0.375. The maximum absolute atomic E-state index is 11.9. The van der Waals surface area contributed by atoms with Crippen molar-refractivity contribution in [1.82, 2.24) is 4.90 Å². The van der Waals surface area contributed by atoms with Crippen LogP contribution in [-0.2, 0) is 9.59 Å².